The summed E-state index contributed by atoms with van der Waals surface area (Å²) in [5, 5.41) is 99.5. The van der Waals surface area contributed by atoms with Gasteiger partial charge in [-0.25, -0.2) is 13.1 Å². The number of phenolic OH excluding ortho intramolecular Hbond substituents is 4. The number of carbonyl (C=O) groups excluding carboxylic acids is 8. The summed E-state index contributed by atoms with van der Waals surface area (Å²) in [6.45, 7) is 6.10. The van der Waals surface area contributed by atoms with Gasteiger partial charge in [-0.1, -0.05) is 43.6 Å². The monoisotopic (exact) mass is 1540 g/mol. The van der Waals surface area contributed by atoms with E-state index in [1.807, 2.05) is 18.6 Å². The summed E-state index contributed by atoms with van der Waals surface area (Å²) >= 11 is 7.01. The Labute approximate surface area is 632 Å². The molecule has 6 aromatic rings. The van der Waals surface area contributed by atoms with E-state index in [-0.39, 0.29) is 116 Å². The molecule has 9 aliphatic rings. The molecule has 8 amide bonds. The fourth-order valence-electron chi connectivity index (χ4n) is 15.6. The zero-order valence-electron chi connectivity index (χ0n) is 60.4. The summed E-state index contributed by atoms with van der Waals surface area (Å²) in [6.07, 6.45) is -0.649. The Morgan fingerprint density at radius 3 is 1.87 bits per heavy atom. The van der Waals surface area contributed by atoms with Crippen LogP contribution in [0.1, 0.15) is 123 Å². The van der Waals surface area contributed by atoms with E-state index in [1.54, 1.807) is 14.1 Å². The third-order valence-electron chi connectivity index (χ3n) is 20.8. The Hall–Kier alpha value is -10.5. The highest BCUT2D eigenvalue weighted by Gasteiger charge is 2.50. The van der Waals surface area contributed by atoms with E-state index in [2.05, 4.69) is 53.2 Å². The smallest absolute Gasteiger partial charge is 0.264 e. The fraction of sp³-hybridized carbons (Fsp3) is 0.421. The zero-order valence-corrected chi connectivity index (χ0v) is 61.9. The number of carbonyl (C=O) groups is 8. The molecule has 5 heterocycles. The summed E-state index contributed by atoms with van der Waals surface area (Å²) in [5.41, 5.74) is -1.51. The number of rotatable bonds is 19. The first kappa shape index (κ1) is 78.1. The molecule has 0 radical (unpaired) electrons. The molecule has 0 aromatic heterocycles. The third-order valence-corrected chi connectivity index (χ3v) is 22.5. The second-order valence-corrected chi connectivity index (χ2v) is 31.0. The van der Waals surface area contributed by atoms with Crippen molar-refractivity contribution in [2.75, 3.05) is 47.4 Å². The molecule has 5 aliphatic heterocycles. The highest BCUT2D eigenvalue weighted by atomic mass is 35.5. The number of halogens is 1. The van der Waals surface area contributed by atoms with Crippen LogP contribution in [0.3, 0.4) is 0 Å². The molecule has 0 saturated heterocycles. The second-order valence-electron chi connectivity index (χ2n) is 28.9. The lowest BCUT2D eigenvalue weighted by molar-refractivity contribution is -0.138. The molecule has 15 rings (SSSR count). The number of aliphatic hydroxyl groups excluding tert-OH is 2. The average molecular weight is 1540 g/mol. The predicted octanol–water partition coefficient (Wildman–Crippen LogP) is 4.12. The zero-order chi connectivity index (χ0) is 78.0. The van der Waals surface area contributed by atoms with Crippen molar-refractivity contribution in [3.8, 4) is 68.6 Å². The van der Waals surface area contributed by atoms with Crippen molar-refractivity contribution >= 4 is 68.9 Å². The fourth-order valence-corrected chi connectivity index (χ4v) is 16.8. The molecule has 17 N–H and O–H groups in total. The maximum atomic E-state index is 16.1. The van der Waals surface area contributed by atoms with Gasteiger partial charge in [0.15, 0.2) is 23.0 Å². The van der Waals surface area contributed by atoms with Gasteiger partial charge in [0.05, 0.1) is 22.4 Å². The standard InChI is InChI=1S/C76H88ClN11O20S/c1-34(2)19-49(80-6)70(96)86-65-67(93)39-8-12-53(35(3)20-39)107-57-28-43-29-58(69(57)95)108-54-13-9-40(27-48(54)77)68(94)66-76(102)85-64(74(100)82-61-41-22-36-21-37(24-41)25-42(61)23-36)47-30-44(89)31-52(91)60(47)46-26-38(7-11-51(46)90)62(72(98)87-66)84-73(99)63(43)83-71(97)50(81-75(65)101)33-59(92)88-109(103,104)45-10-14-55(105-17-15-78-4)56(32-45)106-18-16-79-5/h7-14,20,26-32,34,36-37,41-42,49-50,61-68,78-80,89-91,93-95H,15-19,21-25,33H2,1-6H3,(H,81,101)(H,82,100)(H,83,97)(H,84,99)(H,85,102)(H,86,96)(H,87,98)(H,88,92)/t36?,37?,41?,42?,49-,50+,61?,62-,63-,64+,65-,66+,67-,68-/m1/s1. The van der Waals surface area contributed by atoms with Crippen molar-refractivity contribution < 1.29 is 96.4 Å². The van der Waals surface area contributed by atoms with Gasteiger partial charge in [0.1, 0.15) is 90.4 Å². The number of fused-ring (bicyclic) bond motifs is 15. The Morgan fingerprint density at radius 1 is 0.615 bits per heavy atom. The van der Waals surface area contributed by atoms with Crippen LogP contribution >= 0.6 is 11.6 Å². The number of nitrogens with one attached hydrogen (secondary N) is 11. The number of hydrogen-bond acceptors (Lipinski definition) is 23. The number of likely N-dealkylation sites (N-methyl/N-ethyl adjacent to an activating group) is 3. The van der Waals surface area contributed by atoms with E-state index in [9.17, 15) is 48.6 Å². The van der Waals surface area contributed by atoms with Gasteiger partial charge in [0.25, 0.3) is 10.0 Å². The van der Waals surface area contributed by atoms with Gasteiger partial charge in [0, 0.05) is 42.4 Å². The number of benzene rings is 6. The van der Waals surface area contributed by atoms with Crippen LogP contribution in [-0.2, 0) is 48.4 Å². The lowest BCUT2D eigenvalue weighted by atomic mass is 9.54. The van der Waals surface area contributed by atoms with Crippen LogP contribution in [0.4, 0.5) is 0 Å². The Balaban J connectivity index is 1.00. The Bertz CT molecular complexity index is 4650. The largest absolute Gasteiger partial charge is 0.508 e. The second kappa shape index (κ2) is 32.8. The molecule has 0 spiro atoms. The van der Waals surface area contributed by atoms with Crippen LogP contribution in [0.5, 0.6) is 57.5 Å². The molecule has 109 heavy (non-hydrogen) atoms. The number of ether oxygens (including phenoxy) is 4. The highest BCUT2D eigenvalue weighted by molar-refractivity contribution is 7.90. The first-order valence-corrected chi connectivity index (χ1v) is 37.8. The van der Waals surface area contributed by atoms with Crippen LogP contribution < -0.4 is 76.8 Å². The summed E-state index contributed by atoms with van der Waals surface area (Å²) in [7, 11) is -0.100. The quantitative estimate of drug-likeness (QED) is 0.0507. The minimum atomic E-state index is -4.96. The van der Waals surface area contributed by atoms with Gasteiger partial charge in [-0.2, -0.15) is 0 Å². The van der Waals surface area contributed by atoms with Crippen molar-refractivity contribution in [3.63, 3.8) is 0 Å². The first-order valence-electron chi connectivity index (χ1n) is 35.9. The van der Waals surface area contributed by atoms with Crippen molar-refractivity contribution in [1.29, 1.82) is 0 Å². The molecule has 33 heteroatoms. The normalized spacial score (nSPS) is 24.7. The molecule has 580 valence electrons. The van der Waals surface area contributed by atoms with E-state index in [4.69, 9.17) is 30.5 Å². The molecule has 4 aliphatic carbocycles. The number of hydrogen-bond donors (Lipinski definition) is 17. The summed E-state index contributed by atoms with van der Waals surface area (Å²) < 4.78 is 55.2. The maximum absolute atomic E-state index is 16.1. The molecule has 0 unspecified atom stereocenters. The SMILES string of the molecule is CNCCOc1ccc(S(=O)(=O)NC(=O)C[C@@H]2NC(=O)[C@H](NC(=O)[C@@H](CC(C)C)NC)[C@H](O)c3ccc(c(C)c3)Oc3cc4cc(c3O)Oc3ccc(cc3Cl)[C@@H](O)[C@@H]3NC(=O)[C@H](NC(=O)[C@@H]4NC2=O)c2ccc(O)c(c2)-c2c(O)cc(O)cc2[C@@H](C(=O)NC2C4CC5CC(C4)CC2C5)NC3=O)cc1OCCNC. The molecule has 4 fully saturated rings. The number of aryl methyl sites for hydroxylation is 1. The molecule has 9 atom stereocenters. The van der Waals surface area contributed by atoms with E-state index in [1.165, 1.54) is 62.5 Å². The van der Waals surface area contributed by atoms with Crippen LogP contribution in [0.15, 0.2) is 102 Å². The molecule has 4 saturated carbocycles. The van der Waals surface area contributed by atoms with Gasteiger partial charge < -0.3 is 103 Å². The topological polar surface area (TPSA) is 461 Å². The summed E-state index contributed by atoms with van der Waals surface area (Å²) in [4.78, 5) is 122. The van der Waals surface area contributed by atoms with E-state index < -0.39 is 158 Å². The molecule has 15 bridgehead atoms. The van der Waals surface area contributed by atoms with E-state index in [0.717, 1.165) is 80.6 Å². The van der Waals surface area contributed by atoms with Gasteiger partial charge >= 0.3 is 0 Å². The van der Waals surface area contributed by atoms with Crippen molar-refractivity contribution in [3.05, 3.63) is 135 Å². The predicted molar refractivity (Wildman–Crippen MR) is 393 cm³/mol. The van der Waals surface area contributed by atoms with Crippen LogP contribution in [-0.4, -0.2) is 164 Å². The van der Waals surface area contributed by atoms with Gasteiger partial charge in [-0.3, -0.25) is 38.4 Å². The van der Waals surface area contributed by atoms with Crippen LogP contribution in [0.25, 0.3) is 11.1 Å². The third kappa shape index (κ3) is 17.0. The van der Waals surface area contributed by atoms with Crippen LogP contribution in [0, 0.1) is 36.5 Å². The Kier molecular flexibility index (Phi) is 23.5. The minimum Gasteiger partial charge on any atom is -0.508 e. The van der Waals surface area contributed by atoms with E-state index in [0.29, 0.717) is 24.9 Å². The molecule has 6 aromatic carbocycles. The van der Waals surface area contributed by atoms with Gasteiger partial charge in [-0.15, -0.1) is 0 Å². The molecule has 31 nitrogen and oxygen atoms in total. The number of sulfonamides is 1. The number of aromatic hydroxyl groups is 4. The maximum Gasteiger partial charge on any atom is 0.264 e. The van der Waals surface area contributed by atoms with Crippen molar-refractivity contribution in [1.82, 2.24) is 57.9 Å². The van der Waals surface area contributed by atoms with E-state index >= 15 is 28.8 Å². The number of phenols is 4. The number of aliphatic hydroxyl groups is 2. The molecular formula is C76H88ClN11O20S. The average Bonchev–Trinajstić information content (AvgIpc) is 0.811. The lowest BCUT2D eigenvalue weighted by Gasteiger charge is -2.54. The number of amides is 8. The highest BCUT2D eigenvalue weighted by Crippen LogP contribution is 2.54. The molecular weight excluding hydrogens is 1450 g/mol. The summed E-state index contributed by atoms with van der Waals surface area (Å²) in [5.74, 6) is -12.7. The first-order chi connectivity index (χ1) is 52.0. The van der Waals surface area contributed by atoms with Crippen LogP contribution in [0.2, 0.25) is 5.02 Å². The lowest BCUT2D eigenvalue weighted by Crippen LogP contribution is -2.59. The minimum absolute atomic E-state index is 0.0159. The van der Waals surface area contributed by atoms with Gasteiger partial charge in [0.2, 0.25) is 53.0 Å². The summed E-state index contributed by atoms with van der Waals surface area (Å²) in [6, 6.07) is 4.67. The van der Waals surface area contributed by atoms with Crippen molar-refractivity contribution in [2.24, 2.45) is 29.6 Å². The Morgan fingerprint density at radius 2 is 1.23 bits per heavy atom. The van der Waals surface area contributed by atoms with Crippen molar-refractivity contribution in [2.45, 2.75) is 131 Å². The van der Waals surface area contributed by atoms with Gasteiger partial charge in [-0.05, 0) is 196 Å².